The summed E-state index contributed by atoms with van der Waals surface area (Å²) < 4.78 is 35.3. The zero-order chi connectivity index (χ0) is 25.2. The molecular formula is C22H26ClN5O6S. The van der Waals surface area contributed by atoms with Crippen molar-refractivity contribution in [3.8, 4) is 0 Å². The molecular weight excluding hydrogens is 498 g/mol. The number of aromatic amines is 2. The van der Waals surface area contributed by atoms with Crippen molar-refractivity contribution in [2.75, 3.05) is 19.6 Å². The monoisotopic (exact) mass is 523 g/mol. The maximum Gasteiger partial charge on any atom is 0.394 e. The molecule has 0 amide bonds. The number of aromatic nitrogens is 4. The molecule has 0 saturated carbocycles. The lowest BCUT2D eigenvalue weighted by molar-refractivity contribution is 0.183. The summed E-state index contributed by atoms with van der Waals surface area (Å²) in [5.41, 5.74) is 3.44. The first-order valence-electron chi connectivity index (χ1n) is 11.1. The molecule has 0 unspecified atom stereocenters. The molecule has 1 aliphatic rings. The minimum absolute atomic E-state index is 0.0475. The third-order valence-corrected chi connectivity index (χ3v) is 6.37. The average Bonchev–Trinajstić information content (AvgIpc) is 3.28. The van der Waals surface area contributed by atoms with Gasteiger partial charge < -0.3 is 14.9 Å². The van der Waals surface area contributed by atoms with Crippen LogP contribution in [-0.4, -0.2) is 61.2 Å². The van der Waals surface area contributed by atoms with Gasteiger partial charge in [-0.05, 0) is 56.1 Å². The van der Waals surface area contributed by atoms with Crippen molar-refractivity contribution in [1.29, 1.82) is 0 Å². The van der Waals surface area contributed by atoms with Crippen LogP contribution in [0.5, 0.6) is 0 Å². The first-order chi connectivity index (χ1) is 16.6. The summed E-state index contributed by atoms with van der Waals surface area (Å²) in [4.78, 5) is 32.9. The van der Waals surface area contributed by atoms with Crippen molar-refractivity contribution in [3.63, 3.8) is 0 Å². The highest BCUT2D eigenvalue weighted by atomic mass is 35.5. The fourth-order valence-corrected chi connectivity index (χ4v) is 4.82. The Kier molecular flexibility index (Phi) is 7.47. The molecule has 0 bridgehead atoms. The fraction of sp³-hybridized carbons (Fsp3) is 0.364. The number of likely N-dealkylation sites (tertiary alicyclic amines) is 1. The van der Waals surface area contributed by atoms with E-state index in [1.54, 1.807) is 6.07 Å². The van der Waals surface area contributed by atoms with E-state index < -0.39 is 10.4 Å². The highest BCUT2D eigenvalue weighted by molar-refractivity contribution is 7.79. The first kappa shape index (κ1) is 25.2. The molecule has 3 heterocycles. The number of para-hydroxylation sites is 2. The zero-order valence-electron chi connectivity index (χ0n) is 18.7. The molecule has 5 rings (SSSR count). The summed E-state index contributed by atoms with van der Waals surface area (Å²) >= 11 is 6.05. The van der Waals surface area contributed by atoms with E-state index in [2.05, 4.69) is 14.9 Å². The van der Waals surface area contributed by atoms with Crippen LogP contribution < -0.4 is 11.4 Å². The number of benzene rings is 2. The van der Waals surface area contributed by atoms with Gasteiger partial charge in [0.1, 0.15) is 0 Å². The molecule has 35 heavy (non-hydrogen) atoms. The Morgan fingerprint density at radius 2 is 1.57 bits per heavy atom. The zero-order valence-corrected chi connectivity index (χ0v) is 20.3. The van der Waals surface area contributed by atoms with Gasteiger partial charge in [0.25, 0.3) is 0 Å². The van der Waals surface area contributed by atoms with Crippen molar-refractivity contribution >= 4 is 44.1 Å². The van der Waals surface area contributed by atoms with E-state index in [9.17, 15) is 9.59 Å². The summed E-state index contributed by atoms with van der Waals surface area (Å²) in [5, 5.41) is 0.625. The van der Waals surface area contributed by atoms with Gasteiger partial charge in [-0.1, -0.05) is 23.7 Å². The lowest BCUT2D eigenvalue weighted by Gasteiger charge is -2.32. The molecule has 4 N–H and O–H groups in total. The van der Waals surface area contributed by atoms with Crippen molar-refractivity contribution < 1.29 is 17.5 Å². The van der Waals surface area contributed by atoms with Gasteiger partial charge in [-0.25, -0.2) is 9.59 Å². The van der Waals surface area contributed by atoms with Crippen LogP contribution in [0, 0.1) is 0 Å². The molecule has 2 aromatic heterocycles. The Balaban J connectivity index is 0.000000527. The lowest BCUT2D eigenvalue weighted by Crippen LogP contribution is -2.37. The SMILES string of the molecule is O=S(=O)(O)O.O=c1[nH]c2ccccc2n1CCCN1CCC(n2c(=O)[nH]c3cc(Cl)ccc32)CC1. The van der Waals surface area contributed by atoms with Crippen LogP contribution >= 0.6 is 11.6 Å². The first-order valence-corrected chi connectivity index (χ1v) is 12.9. The topological polar surface area (TPSA) is 153 Å². The molecule has 0 spiro atoms. The van der Waals surface area contributed by atoms with E-state index in [-0.39, 0.29) is 17.4 Å². The number of nitrogens with one attached hydrogen (secondary N) is 2. The predicted molar refractivity (Wildman–Crippen MR) is 134 cm³/mol. The number of halogens is 1. The number of fused-ring (bicyclic) bond motifs is 2. The molecule has 0 atom stereocenters. The molecule has 0 aliphatic carbocycles. The van der Waals surface area contributed by atoms with Crippen LogP contribution in [0.15, 0.2) is 52.1 Å². The second kappa shape index (κ2) is 10.4. The second-order valence-electron chi connectivity index (χ2n) is 8.43. The van der Waals surface area contributed by atoms with E-state index >= 15 is 0 Å². The van der Waals surface area contributed by atoms with Crippen LogP contribution in [0.3, 0.4) is 0 Å². The maximum atomic E-state index is 12.5. The number of nitrogens with zero attached hydrogens (tertiary/aromatic N) is 3. The van der Waals surface area contributed by atoms with E-state index in [1.807, 2.05) is 45.5 Å². The normalized spacial score (nSPS) is 15.4. The number of piperidine rings is 1. The summed E-state index contributed by atoms with van der Waals surface area (Å²) in [5.74, 6) is 0. The van der Waals surface area contributed by atoms with Gasteiger partial charge in [0.15, 0.2) is 0 Å². The van der Waals surface area contributed by atoms with Gasteiger partial charge in [-0.2, -0.15) is 8.42 Å². The molecule has 1 saturated heterocycles. The standard InChI is InChI=1S/C22H24ClN5O2.H2O4S/c23-15-6-7-20-18(14-15)25-22(30)28(20)16-8-12-26(13-9-16)10-3-11-27-19-5-2-1-4-17(19)24-21(27)29;1-5(2,3)4/h1-2,4-7,14,16H,3,8-13H2,(H,24,29)(H,25,30);(H2,1,2,3,4). The van der Waals surface area contributed by atoms with Crippen molar-refractivity contribution in [2.45, 2.75) is 31.8 Å². The van der Waals surface area contributed by atoms with E-state index in [0.717, 1.165) is 61.0 Å². The van der Waals surface area contributed by atoms with Crippen molar-refractivity contribution in [1.82, 2.24) is 24.0 Å². The molecule has 0 radical (unpaired) electrons. The Morgan fingerprint density at radius 1 is 0.914 bits per heavy atom. The maximum absolute atomic E-state index is 12.5. The lowest BCUT2D eigenvalue weighted by atomic mass is 10.0. The third kappa shape index (κ3) is 6.21. The summed E-state index contributed by atoms with van der Waals surface area (Å²) in [6.45, 7) is 3.53. The molecule has 11 nitrogen and oxygen atoms in total. The van der Waals surface area contributed by atoms with Crippen molar-refractivity contribution in [3.05, 3.63) is 68.5 Å². The number of hydrogen-bond donors (Lipinski definition) is 4. The van der Waals surface area contributed by atoms with Crippen LogP contribution in [-0.2, 0) is 16.9 Å². The number of hydrogen-bond acceptors (Lipinski definition) is 5. The second-order valence-corrected chi connectivity index (χ2v) is 9.77. The van der Waals surface area contributed by atoms with E-state index in [1.165, 1.54) is 0 Å². The molecule has 1 fully saturated rings. The van der Waals surface area contributed by atoms with Gasteiger partial charge in [-0.3, -0.25) is 18.2 Å². The average molecular weight is 524 g/mol. The molecule has 13 heteroatoms. The Morgan fingerprint density at radius 3 is 2.29 bits per heavy atom. The minimum atomic E-state index is -4.67. The van der Waals surface area contributed by atoms with Gasteiger partial charge in [0.2, 0.25) is 0 Å². The number of aryl methyl sites for hydroxylation is 1. The number of rotatable bonds is 5. The summed E-state index contributed by atoms with van der Waals surface area (Å²) in [6.07, 6.45) is 2.78. The molecule has 188 valence electrons. The van der Waals surface area contributed by atoms with Crippen LogP contribution in [0.1, 0.15) is 25.3 Å². The highest BCUT2D eigenvalue weighted by Crippen LogP contribution is 2.26. The minimum Gasteiger partial charge on any atom is -0.306 e. The van der Waals surface area contributed by atoms with Crippen LogP contribution in [0.25, 0.3) is 22.1 Å². The van der Waals surface area contributed by atoms with E-state index in [4.69, 9.17) is 29.1 Å². The highest BCUT2D eigenvalue weighted by Gasteiger charge is 2.23. The number of H-pyrrole nitrogens is 2. The number of imidazole rings is 2. The van der Waals surface area contributed by atoms with Crippen LogP contribution in [0.2, 0.25) is 5.02 Å². The van der Waals surface area contributed by atoms with Gasteiger partial charge >= 0.3 is 21.8 Å². The predicted octanol–water partition coefficient (Wildman–Crippen LogP) is 2.70. The molecule has 2 aromatic carbocycles. The smallest absolute Gasteiger partial charge is 0.306 e. The van der Waals surface area contributed by atoms with E-state index in [0.29, 0.717) is 11.6 Å². The fourth-order valence-electron chi connectivity index (χ4n) is 4.65. The largest absolute Gasteiger partial charge is 0.394 e. The van der Waals surface area contributed by atoms with Gasteiger partial charge in [-0.15, -0.1) is 0 Å². The Hall–Kier alpha value is -2.90. The Labute approximate surface area is 205 Å². The molecule has 1 aliphatic heterocycles. The van der Waals surface area contributed by atoms with Crippen molar-refractivity contribution in [2.24, 2.45) is 0 Å². The van der Waals surface area contributed by atoms with Crippen LogP contribution in [0.4, 0.5) is 0 Å². The summed E-state index contributed by atoms with van der Waals surface area (Å²) in [7, 11) is -4.67. The Bertz CT molecular complexity index is 1540. The van der Waals surface area contributed by atoms with Gasteiger partial charge in [0.05, 0.1) is 22.1 Å². The molecule has 4 aromatic rings. The third-order valence-electron chi connectivity index (χ3n) is 6.14. The summed E-state index contributed by atoms with van der Waals surface area (Å²) in [6, 6.07) is 13.5. The quantitative estimate of drug-likeness (QED) is 0.293. The van der Waals surface area contributed by atoms with Gasteiger partial charge in [0, 0.05) is 30.7 Å².